The zero-order valence-electron chi connectivity index (χ0n) is 16.7. The number of aliphatic hydroxyl groups is 1. The minimum Gasteiger partial charge on any atom is -0.463 e. The molecule has 0 bridgehead atoms. The number of hydrogen-bond donors (Lipinski definition) is 2. The van der Waals surface area contributed by atoms with E-state index in [-0.39, 0.29) is 19.2 Å². The van der Waals surface area contributed by atoms with E-state index in [1.54, 1.807) is 0 Å². The number of carbonyl (C=O) groups excluding carboxylic acids is 1. The molecule has 0 aliphatic carbocycles. The first-order chi connectivity index (χ1) is 12.1. The van der Waals surface area contributed by atoms with Crippen molar-refractivity contribution >= 4 is 13.8 Å². The number of hydrogen-bond acceptors (Lipinski definition) is 6. The Kier molecular flexibility index (Phi) is 13.4. The van der Waals surface area contributed by atoms with Gasteiger partial charge in [0.15, 0.2) is 0 Å². The second kappa shape index (κ2) is 13.6. The summed E-state index contributed by atoms with van der Waals surface area (Å²) in [6.45, 7) is 2.03. The molecule has 0 saturated carbocycles. The van der Waals surface area contributed by atoms with E-state index in [9.17, 15) is 19.4 Å². The molecule has 2 atom stereocenters. The molecule has 0 aromatic rings. The van der Waals surface area contributed by atoms with E-state index in [1.165, 1.54) is 19.3 Å². The van der Waals surface area contributed by atoms with E-state index in [1.807, 2.05) is 21.1 Å². The number of esters is 1. The maximum Gasteiger partial charge on any atom is 0.472 e. The molecule has 9 heteroatoms. The summed E-state index contributed by atoms with van der Waals surface area (Å²) in [6, 6.07) is 0. The van der Waals surface area contributed by atoms with Crippen molar-refractivity contribution < 1.29 is 37.6 Å². The molecule has 8 nitrogen and oxygen atoms in total. The quantitative estimate of drug-likeness (QED) is 0.178. The van der Waals surface area contributed by atoms with Crippen LogP contribution >= 0.6 is 7.82 Å². The monoisotopic (exact) mass is 398 g/mol. The van der Waals surface area contributed by atoms with Gasteiger partial charge in [-0.25, -0.2) is 4.57 Å². The summed E-state index contributed by atoms with van der Waals surface area (Å²) in [5.41, 5.74) is 0. The Morgan fingerprint density at radius 3 is 2.27 bits per heavy atom. The van der Waals surface area contributed by atoms with Gasteiger partial charge in [0.1, 0.15) is 25.9 Å². The molecule has 0 aromatic heterocycles. The van der Waals surface area contributed by atoms with E-state index in [0.717, 1.165) is 19.3 Å². The third kappa shape index (κ3) is 16.9. The minimum atomic E-state index is -4.22. The molecule has 0 aliphatic rings. The molecule has 0 fully saturated rings. The average molecular weight is 398 g/mol. The van der Waals surface area contributed by atoms with Gasteiger partial charge in [-0.05, 0) is 6.42 Å². The maximum absolute atomic E-state index is 11.7. The van der Waals surface area contributed by atoms with Crippen molar-refractivity contribution in [3.8, 4) is 0 Å². The van der Waals surface area contributed by atoms with Gasteiger partial charge in [-0.2, -0.15) is 0 Å². The van der Waals surface area contributed by atoms with Gasteiger partial charge in [0.2, 0.25) is 0 Å². The van der Waals surface area contributed by atoms with Gasteiger partial charge in [0.25, 0.3) is 0 Å². The first kappa shape index (κ1) is 25.5. The van der Waals surface area contributed by atoms with E-state index >= 15 is 0 Å². The Morgan fingerprint density at radius 1 is 1.04 bits per heavy atom. The maximum atomic E-state index is 11.7. The van der Waals surface area contributed by atoms with Gasteiger partial charge < -0.3 is 19.2 Å². The van der Waals surface area contributed by atoms with Crippen LogP contribution in [0.15, 0.2) is 0 Å². The van der Waals surface area contributed by atoms with Crippen LogP contribution in [0.25, 0.3) is 0 Å². The van der Waals surface area contributed by atoms with Crippen LogP contribution in [-0.2, 0) is 23.1 Å². The van der Waals surface area contributed by atoms with Crippen LogP contribution in [0.2, 0.25) is 0 Å². The Hall–Kier alpha value is -0.500. The first-order valence-electron chi connectivity index (χ1n) is 9.32. The lowest BCUT2D eigenvalue weighted by Gasteiger charge is -2.24. The summed E-state index contributed by atoms with van der Waals surface area (Å²) in [5, 5.41) is 9.69. The Balaban J connectivity index is 3.78. The van der Waals surface area contributed by atoms with Crippen molar-refractivity contribution in [2.24, 2.45) is 0 Å². The fourth-order valence-corrected chi connectivity index (χ4v) is 2.75. The van der Waals surface area contributed by atoms with Gasteiger partial charge >= 0.3 is 13.8 Å². The van der Waals surface area contributed by atoms with E-state index < -0.39 is 20.5 Å². The molecule has 0 heterocycles. The summed E-state index contributed by atoms with van der Waals surface area (Å²) in [7, 11) is 1.56. The first-order valence-corrected chi connectivity index (χ1v) is 10.8. The number of phosphoric acid groups is 1. The van der Waals surface area contributed by atoms with Crippen LogP contribution in [0.5, 0.6) is 0 Å². The molecule has 0 aromatic carbocycles. The molecular formula is C17H37NO7P+. The van der Waals surface area contributed by atoms with Crippen molar-refractivity contribution in [3.05, 3.63) is 0 Å². The summed E-state index contributed by atoms with van der Waals surface area (Å²) >= 11 is 0. The molecule has 0 saturated heterocycles. The third-order valence-electron chi connectivity index (χ3n) is 3.62. The molecule has 26 heavy (non-hydrogen) atoms. The fourth-order valence-electron chi connectivity index (χ4n) is 2.01. The predicted octanol–water partition coefficient (Wildman–Crippen LogP) is 2.48. The second-order valence-corrected chi connectivity index (χ2v) is 8.92. The number of likely N-dealkylation sites (N-methyl/N-ethyl adjacent to an activating group) is 1. The van der Waals surface area contributed by atoms with E-state index in [0.29, 0.717) is 17.4 Å². The predicted molar refractivity (Wildman–Crippen MR) is 99.6 cm³/mol. The van der Waals surface area contributed by atoms with Gasteiger partial charge in [0.05, 0.1) is 27.7 Å². The number of phosphoric ester groups is 1. The molecule has 2 unspecified atom stereocenters. The molecule has 0 radical (unpaired) electrons. The van der Waals surface area contributed by atoms with Crippen molar-refractivity contribution in [2.75, 3.05) is 47.5 Å². The van der Waals surface area contributed by atoms with Crippen LogP contribution in [-0.4, -0.2) is 74.1 Å². The lowest BCUT2D eigenvalue weighted by molar-refractivity contribution is -0.870. The summed E-state index contributed by atoms with van der Waals surface area (Å²) in [5.74, 6) is -0.383. The summed E-state index contributed by atoms with van der Waals surface area (Å²) in [6.07, 6.45) is 5.57. The highest BCUT2D eigenvalue weighted by molar-refractivity contribution is 7.47. The standard InChI is InChI=1S/C17H36NO7P/c1-5-6-7-8-9-10-11-17(20)23-14-16(19)15-25-26(21,22)24-13-12-18(2,3)4/h16,19H,5-15H2,1-4H3/p+1. The zero-order valence-corrected chi connectivity index (χ0v) is 17.6. The van der Waals surface area contributed by atoms with Crippen molar-refractivity contribution in [1.29, 1.82) is 0 Å². The lowest BCUT2D eigenvalue weighted by atomic mass is 10.1. The molecule has 2 N–H and O–H groups in total. The van der Waals surface area contributed by atoms with Crippen molar-refractivity contribution in [2.45, 2.75) is 58.0 Å². The Bertz CT molecular complexity index is 426. The number of nitrogens with zero attached hydrogens (tertiary/aromatic N) is 1. The average Bonchev–Trinajstić information content (AvgIpc) is 2.53. The number of ether oxygens (including phenoxy) is 1. The smallest absolute Gasteiger partial charge is 0.463 e. The highest BCUT2D eigenvalue weighted by Crippen LogP contribution is 2.43. The summed E-state index contributed by atoms with van der Waals surface area (Å²) < 4.78 is 26.7. The molecule has 0 aliphatic heterocycles. The van der Waals surface area contributed by atoms with Gasteiger partial charge in [0, 0.05) is 6.42 Å². The third-order valence-corrected chi connectivity index (χ3v) is 4.60. The minimum absolute atomic E-state index is 0.0562. The highest BCUT2D eigenvalue weighted by atomic mass is 31.2. The highest BCUT2D eigenvalue weighted by Gasteiger charge is 2.24. The van der Waals surface area contributed by atoms with Crippen molar-refractivity contribution in [1.82, 2.24) is 0 Å². The normalized spacial score (nSPS) is 15.5. The van der Waals surface area contributed by atoms with Crippen LogP contribution in [0, 0.1) is 0 Å². The number of carbonyl (C=O) groups is 1. The topological polar surface area (TPSA) is 102 Å². The second-order valence-electron chi connectivity index (χ2n) is 7.47. The molecule has 156 valence electrons. The zero-order chi connectivity index (χ0) is 20.1. The fraction of sp³-hybridized carbons (Fsp3) is 0.941. The molecule has 0 amide bonds. The van der Waals surface area contributed by atoms with Gasteiger partial charge in [-0.1, -0.05) is 39.0 Å². The van der Waals surface area contributed by atoms with Crippen LogP contribution in [0.4, 0.5) is 0 Å². The summed E-state index contributed by atoms with van der Waals surface area (Å²) in [4.78, 5) is 21.1. The number of rotatable bonds is 16. The van der Waals surface area contributed by atoms with Crippen LogP contribution < -0.4 is 0 Å². The number of aliphatic hydroxyl groups excluding tert-OH is 1. The number of unbranched alkanes of at least 4 members (excludes halogenated alkanes) is 5. The van der Waals surface area contributed by atoms with E-state index in [4.69, 9.17) is 13.8 Å². The molecular weight excluding hydrogens is 361 g/mol. The molecule has 0 spiro atoms. The number of quaternary nitrogens is 1. The van der Waals surface area contributed by atoms with Crippen molar-refractivity contribution in [3.63, 3.8) is 0 Å². The SMILES string of the molecule is CCCCCCCCC(=O)OCC(O)COP(=O)(O)OCC[N+](C)(C)C. The largest absolute Gasteiger partial charge is 0.472 e. The van der Waals surface area contributed by atoms with Gasteiger partial charge in [-0.3, -0.25) is 13.8 Å². The Morgan fingerprint density at radius 2 is 1.65 bits per heavy atom. The van der Waals surface area contributed by atoms with Crippen LogP contribution in [0.3, 0.4) is 0 Å². The van der Waals surface area contributed by atoms with E-state index in [2.05, 4.69) is 6.92 Å². The van der Waals surface area contributed by atoms with Gasteiger partial charge in [-0.15, -0.1) is 0 Å². The molecule has 0 rings (SSSR count). The lowest BCUT2D eigenvalue weighted by Crippen LogP contribution is -2.37. The Labute approximate surface area is 157 Å². The van der Waals surface area contributed by atoms with Crippen LogP contribution in [0.1, 0.15) is 51.9 Å².